The van der Waals surface area contributed by atoms with Gasteiger partial charge in [-0.05, 0) is 43.9 Å². The molecule has 3 N–H and O–H groups in total. The van der Waals surface area contributed by atoms with Crippen LogP contribution in [0, 0.1) is 12.7 Å². The highest BCUT2D eigenvalue weighted by Crippen LogP contribution is 2.19. The molecule has 20 heavy (non-hydrogen) atoms. The molecular weight excluding hydrogens is 263 g/mol. The van der Waals surface area contributed by atoms with E-state index in [9.17, 15) is 14.0 Å². The molecule has 1 fully saturated rings. The fraction of sp³-hybridized carbons (Fsp3) is 0.429. The molecule has 6 heteroatoms. The third kappa shape index (κ3) is 3.07. The van der Waals surface area contributed by atoms with Crippen molar-refractivity contribution < 1.29 is 18.7 Å². The molecular formula is C14H17FN2O3. The molecule has 1 aromatic carbocycles. The van der Waals surface area contributed by atoms with Crippen LogP contribution in [0.25, 0.3) is 0 Å². The second kappa shape index (κ2) is 5.90. The van der Waals surface area contributed by atoms with Gasteiger partial charge in [0.25, 0.3) is 5.91 Å². The van der Waals surface area contributed by atoms with Crippen LogP contribution < -0.4 is 11.1 Å². The summed E-state index contributed by atoms with van der Waals surface area (Å²) in [6, 6.07) is 2.66. The van der Waals surface area contributed by atoms with E-state index in [1.807, 2.05) is 0 Å². The molecule has 1 aromatic rings. The van der Waals surface area contributed by atoms with Crippen LogP contribution in [0.5, 0.6) is 0 Å². The molecule has 0 aromatic heterocycles. The molecule has 1 aliphatic heterocycles. The maximum absolute atomic E-state index is 13.9. The summed E-state index contributed by atoms with van der Waals surface area (Å²) in [7, 11) is 0. The van der Waals surface area contributed by atoms with Crippen molar-refractivity contribution in [3.63, 3.8) is 0 Å². The summed E-state index contributed by atoms with van der Waals surface area (Å²) in [5.41, 5.74) is 5.91. The number of nitrogens with one attached hydrogen (secondary N) is 1. The van der Waals surface area contributed by atoms with Gasteiger partial charge in [-0.3, -0.25) is 4.79 Å². The molecule has 1 saturated heterocycles. The number of hydrogen-bond acceptors (Lipinski definition) is 4. The average Bonchev–Trinajstić information content (AvgIpc) is 2.59. The van der Waals surface area contributed by atoms with Crippen LogP contribution in [0.1, 0.15) is 35.2 Å². The van der Waals surface area contributed by atoms with E-state index in [0.29, 0.717) is 13.0 Å². The maximum atomic E-state index is 13.9. The van der Waals surface area contributed by atoms with Crippen molar-refractivity contribution in [2.45, 2.75) is 32.3 Å². The number of carbonyl (C=O) groups excluding carboxylic acids is 2. The van der Waals surface area contributed by atoms with E-state index in [0.717, 1.165) is 12.8 Å². The number of ether oxygens (including phenoxy) is 1. The van der Waals surface area contributed by atoms with Crippen molar-refractivity contribution >= 4 is 17.6 Å². The number of anilines is 1. The van der Waals surface area contributed by atoms with Crippen molar-refractivity contribution in [3.05, 3.63) is 29.1 Å². The molecule has 1 aliphatic rings. The molecule has 2 rings (SSSR count). The first-order chi connectivity index (χ1) is 9.49. The molecule has 0 aliphatic carbocycles. The normalized spacial score (nSPS) is 19.1. The molecule has 0 saturated carbocycles. The Morgan fingerprint density at radius 1 is 1.45 bits per heavy atom. The minimum atomic E-state index is -0.869. The van der Waals surface area contributed by atoms with Crippen molar-refractivity contribution in [2.24, 2.45) is 0 Å². The molecule has 0 spiro atoms. The van der Waals surface area contributed by atoms with E-state index in [-0.39, 0.29) is 22.7 Å². The second-order valence-corrected chi connectivity index (χ2v) is 4.88. The summed E-state index contributed by atoms with van der Waals surface area (Å²) in [5.74, 6) is -1.87. The van der Waals surface area contributed by atoms with Crippen molar-refractivity contribution in [2.75, 3.05) is 12.3 Å². The Kier molecular flexibility index (Phi) is 4.22. The Hall–Kier alpha value is -2.11. The lowest BCUT2D eigenvalue weighted by atomic mass is 10.1. The van der Waals surface area contributed by atoms with Crippen molar-refractivity contribution in [3.8, 4) is 0 Å². The molecule has 1 heterocycles. The summed E-state index contributed by atoms with van der Waals surface area (Å²) in [5, 5.41) is 2.65. The first-order valence-electron chi connectivity index (χ1n) is 6.53. The molecule has 0 bridgehead atoms. The number of amides is 1. The number of hydrogen-bond donors (Lipinski definition) is 2. The smallest absolute Gasteiger partial charge is 0.341 e. The number of halogens is 1. The van der Waals surface area contributed by atoms with Gasteiger partial charge in [0.1, 0.15) is 5.82 Å². The third-order valence-electron chi connectivity index (χ3n) is 3.23. The van der Waals surface area contributed by atoms with Gasteiger partial charge in [-0.1, -0.05) is 0 Å². The van der Waals surface area contributed by atoms with Crippen LogP contribution in [-0.4, -0.2) is 24.5 Å². The minimum Gasteiger partial charge on any atom is -0.449 e. The van der Waals surface area contributed by atoms with Gasteiger partial charge in [0, 0.05) is 12.2 Å². The van der Waals surface area contributed by atoms with Crippen LogP contribution in [0.2, 0.25) is 0 Å². The van der Waals surface area contributed by atoms with Crippen LogP contribution in [0.4, 0.5) is 10.1 Å². The highest BCUT2D eigenvalue weighted by molar-refractivity contribution is 5.93. The topological polar surface area (TPSA) is 81.4 Å². The Bertz CT molecular complexity index is 545. The Morgan fingerprint density at radius 3 is 2.95 bits per heavy atom. The lowest BCUT2D eigenvalue weighted by Gasteiger charge is -2.15. The highest BCUT2D eigenvalue weighted by atomic mass is 19.1. The van der Waals surface area contributed by atoms with Crippen LogP contribution in [-0.2, 0) is 9.53 Å². The monoisotopic (exact) mass is 280 g/mol. The number of benzene rings is 1. The maximum Gasteiger partial charge on any atom is 0.341 e. The van der Waals surface area contributed by atoms with E-state index in [2.05, 4.69) is 5.32 Å². The van der Waals surface area contributed by atoms with Gasteiger partial charge in [-0.15, -0.1) is 0 Å². The van der Waals surface area contributed by atoms with Gasteiger partial charge < -0.3 is 15.8 Å². The Morgan fingerprint density at radius 2 is 2.20 bits per heavy atom. The highest BCUT2D eigenvalue weighted by Gasteiger charge is 2.26. The van der Waals surface area contributed by atoms with Crippen LogP contribution >= 0.6 is 0 Å². The van der Waals surface area contributed by atoms with Crippen molar-refractivity contribution in [1.82, 2.24) is 5.32 Å². The van der Waals surface area contributed by atoms with Gasteiger partial charge in [-0.2, -0.15) is 0 Å². The zero-order valence-corrected chi connectivity index (χ0v) is 11.2. The van der Waals surface area contributed by atoms with E-state index >= 15 is 0 Å². The first-order valence-corrected chi connectivity index (χ1v) is 6.53. The summed E-state index contributed by atoms with van der Waals surface area (Å²) >= 11 is 0. The van der Waals surface area contributed by atoms with E-state index in [4.69, 9.17) is 10.5 Å². The largest absolute Gasteiger partial charge is 0.449 e. The number of nitrogens with two attached hydrogens (primary N) is 1. The zero-order valence-electron chi connectivity index (χ0n) is 11.2. The molecule has 1 amide bonds. The summed E-state index contributed by atoms with van der Waals surface area (Å²) in [6.45, 7) is 2.08. The van der Waals surface area contributed by atoms with Gasteiger partial charge in [-0.25, -0.2) is 9.18 Å². The predicted octanol–water partition coefficient (Wildman–Crippen LogP) is 1.54. The SMILES string of the molecule is Cc1cc(N)cc(C(=O)OC2CCCCNC2=O)c1F. The van der Waals surface area contributed by atoms with Crippen molar-refractivity contribution in [1.29, 1.82) is 0 Å². The van der Waals surface area contributed by atoms with E-state index in [1.165, 1.54) is 19.1 Å². The zero-order chi connectivity index (χ0) is 14.7. The lowest BCUT2D eigenvalue weighted by Crippen LogP contribution is -2.36. The Balaban J connectivity index is 2.17. The van der Waals surface area contributed by atoms with Gasteiger partial charge in [0.15, 0.2) is 6.10 Å². The summed E-state index contributed by atoms with van der Waals surface area (Å²) < 4.78 is 19.0. The van der Waals surface area contributed by atoms with Gasteiger partial charge in [0.05, 0.1) is 5.56 Å². The molecule has 5 nitrogen and oxygen atoms in total. The summed E-state index contributed by atoms with van der Waals surface area (Å²) in [4.78, 5) is 23.7. The first kappa shape index (κ1) is 14.3. The number of rotatable bonds is 2. The average molecular weight is 280 g/mol. The van der Waals surface area contributed by atoms with Crippen LogP contribution in [0.3, 0.4) is 0 Å². The number of aryl methyl sites for hydroxylation is 1. The Labute approximate surface area is 116 Å². The second-order valence-electron chi connectivity index (χ2n) is 4.88. The standard InChI is InChI=1S/C14H17FN2O3/c1-8-6-9(16)7-10(12(8)15)14(19)20-11-4-2-3-5-17-13(11)18/h6-7,11H,2-5,16H2,1H3,(H,17,18). The number of nitrogen functional groups attached to an aromatic ring is 1. The van der Waals surface area contributed by atoms with Gasteiger partial charge in [0.2, 0.25) is 0 Å². The molecule has 1 atom stereocenters. The number of carbonyl (C=O) groups is 2. The van der Waals surface area contributed by atoms with Gasteiger partial charge >= 0.3 is 5.97 Å². The molecule has 1 unspecified atom stereocenters. The fourth-order valence-corrected chi connectivity index (χ4v) is 2.16. The van der Waals surface area contributed by atoms with Crippen LogP contribution in [0.15, 0.2) is 12.1 Å². The molecule has 108 valence electrons. The summed E-state index contributed by atoms with van der Waals surface area (Å²) in [6.07, 6.45) is 1.19. The molecule has 0 radical (unpaired) electrons. The quantitative estimate of drug-likeness (QED) is 0.636. The fourth-order valence-electron chi connectivity index (χ4n) is 2.16. The lowest BCUT2D eigenvalue weighted by molar-refractivity contribution is -0.129. The number of esters is 1. The van der Waals surface area contributed by atoms with E-state index in [1.54, 1.807) is 0 Å². The minimum absolute atomic E-state index is 0.237. The van der Waals surface area contributed by atoms with E-state index < -0.39 is 17.9 Å². The predicted molar refractivity (Wildman–Crippen MR) is 71.6 cm³/mol. The third-order valence-corrected chi connectivity index (χ3v) is 3.23.